The molecule has 0 radical (unpaired) electrons. The minimum absolute atomic E-state index is 0.194. The highest BCUT2D eigenvalue weighted by Crippen LogP contribution is 1.95. The van der Waals surface area contributed by atoms with Gasteiger partial charge in [-0.05, 0) is 12.8 Å². The normalized spacial score (nSPS) is 10.6. The number of nitrogens with one attached hydrogen (secondary N) is 2. The molecule has 18 heavy (non-hydrogen) atoms. The fourth-order valence-corrected chi connectivity index (χ4v) is 0.884. The van der Waals surface area contributed by atoms with Gasteiger partial charge in [0.25, 0.3) is 0 Å². The zero-order chi connectivity index (χ0) is 14.4. The van der Waals surface area contributed by atoms with Gasteiger partial charge >= 0.3 is 11.9 Å². The van der Waals surface area contributed by atoms with E-state index in [9.17, 15) is 9.59 Å². The van der Waals surface area contributed by atoms with Gasteiger partial charge in [-0.1, -0.05) is 0 Å². The number of hydroxylamine groups is 1. The molecule has 0 saturated heterocycles. The molecule has 0 fully saturated rings. The van der Waals surface area contributed by atoms with E-state index in [1.54, 1.807) is 0 Å². The summed E-state index contributed by atoms with van der Waals surface area (Å²) in [6.07, 6.45) is 1.30. The van der Waals surface area contributed by atoms with E-state index in [0.717, 1.165) is 0 Å². The lowest BCUT2D eigenvalue weighted by Gasteiger charge is -2.13. The summed E-state index contributed by atoms with van der Waals surface area (Å²) in [5.41, 5.74) is 1.91. The van der Waals surface area contributed by atoms with Gasteiger partial charge in [0.05, 0.1) is 12.6 Å². The van der Waals surface area contributed by atoms with Crippen LogP contribution in [0.15, 0.2) is 0 Å². The molecule has 0 aliphatic rings. The Balaban J connectivity index is 0. The maximum Gasteiger partial charge on any atom is 0.394 e. The highest BCUT2D eigenvalue weighted by Gasteiger charge is 2.16. The first-order valence-electron chi connectivity index (χ1n) is 4.94. The molecule has 0 saturated carbocycles. The zero-order valence-corrected chi connectivity index (χ0v) is 9.54. The molecular weight excluding hydrogens is 248 g/mol. The smallest absolute Gasteiger partial charge is 0.394 e. The van der Waals surface area contributed by atoms with E-state index in [0.29, 0.717) is 19.4 Å². The van der Waals surface area contributed by atoms with Crippen molar-refractivity contribution in [3.8, 4) is 0 Å². The third-order valence-electron chi connectivity index (χ3n) is 1.65. The Hall–Kier alpha value is -1.84. The molecule has 5 N–H and O–H groups in total. The second-order valence-corrected chi connectivity index (χ2v) is 2.98. The quantitative estimate of drug-likeness (QED) is 0.149. The first-order chi connectivity index (χ1) is 8.53. The standard InChI is InChI=1S/C7H14N2O5.C2H2O2/c10-4-5(2-1-3-8-14)9-6(11)7(12)13;3-1-2-4/h5,8,10,14H,1-4H2,(H,9,11)(H,12,13);1-2H. The van der Waals surface area contributed by atoms with E-state index in [2.05, 4.69) is 5.32 Å². The van der Waals surface area contributed by atoms with Crippen molar-refractivity contribution in [3.05, 3.63) is 0 Å². The van der Waals surface area contributed by atoms with Gasteiger partial charge in [0.1, 0.15) is 0 Å². The van der Waals surface area contributed by atoms with Crippen molar-refractivity contribution in [1.82, 2.24) is 10.8 Å². The summed E-state index contributed by atoms with van der Waals surface area (Å²) in [6.45, 7) is -0.0100. The van der Waals surface area contributed by atoms with Gasteiger partial charge in [-0.25, -0.2) is 10.3 Å². The van der Waals surface area contributed by atoms with Crippen LogP contribution >= 0.6 is 0 Å². The molecule has 1 atom stereocenters. The van der Waals surface area contributed by atoms with Crippen LogP contribution in [0.2, 0.25) is 0 Å². The van der Waals surface area contributed by atoms with Crippen LogP contribution in [0.5, 0.6) is 0 Å². The molecule has 0 rings (SSSR count). The predicted molar refractivity (Wildman–Crippen MR) is 57.8 cm³/mol. The summed E-state index contributed by atoms with van der Waals surface area (Å²) < 4.78 is 0. The molecule has 1 amide bonds. The van der Waals surface area contributed by atoms with E-state index in [1.807, 2.05) is 5.48 Å². The van der Waals surface area contributed by atoms with E-state index >= 15 is 0 Å². The van der Waals surface area contributed by atoms with Crippen LogP contribution in [0.1, 0.15) is 12.8 Å². The SMILES string of the molecule is O=C(O)C(=O)NC(CO)CCCNO.O=CC=O. The van der Waals surface area contributed by atoms with Gasteiger partial charge in [-0.3, -0.25) is 14.4 Å². The van der Waals surface area contributed by atoms with Crippen molar-refractivity contribution < 1.29 is 34.6 Å². The Kier molecular flexibility index (Phi) is 13.6. The molecule has 0 aromatic carbocycles. The largest absolute Gasteiger partial charge is 0.474 e. The van der Waals surface area contributed by atoms with Crippen LogP contribution < -0.4 is 10.8 Å². The molecule has 0 bridgehead atoms. The van der Waals surface area contributed by atoms with E-state index in [4.69, 9.17) is 25.0 Å². The minimum atomic E-state index is -1.58. The third kappa shape index (κ3) is 12.2. The Morgan fingerprint density at radius 1 is 1.22 bits per heavy atom. The summed E-state index contributed by atoms with van der Waals surface area (Å²) in [6, 6.07) is -0.591. The molecule has 0 aromatic rings. The van der Waals surface area contributed by atoms with Gasteiger partial charge < -0.3 is 20.7 Å². The number of carbonyl (C=O) groups excluding carboxylic acids is 3. The number of hydrogen-bond donors (Lipinski definition) is 5. The van der Waals surface area contributed by atoms with E-state index in [1.165, 1.54) is 0 Å². The second-order valence-electron chi connectivity index (χ2n) is 2.98. The molecule has 104 valence electrons. The maximum absolute atomic E-state index is 10.7. The number of aliphatic hydroxyl groups is 1. The monoisotopic (exact) mass is 264 g/mol. The number of carbonyl (C=O) groups is 4. The van der Waals surface area contributed by atoms with Crippen LogP contribution in [-0.2, 0) is 19.2 Å². The molecule has 0 aromatic heterocycles. The number of rotatable bonds is 7. The Labute approximate surface area is 103 Å². The Bertz CT molecular complexity index is 264. The summed E-state index contributed by atoms with van der Waals surface area (Å²) in [5, 5.41) is 27.4. The molecule has 0 aliphatic heterocycles. The van der Waals surface area contributed by atoms with E-state index < -0.39 is 17.9 Å². The Morgan fingerprint density at radius 3 is 2.11 bits per heavy atom. The van der Waals surface area contributed by atoms with Crippen LogP contribution in [0.4, 0.5) is 0 Å². The molecule has 9 nitrogen and oxygen atoms in total. The minimum Gasteiger partial charge on any atom is -0.474 e. The van der Waals surface area contributed by atoms with Crippen molar-refractivity contribution in [2.24, 2.45) is 0 Å². The van der Waals surface area contributed by atoms with Crippen molar-refractivity contribution >= 4 is 24.4 Å². The molecule has 1 unspecified atom stereocenters. The molecular formula is C9H16N2O7. The zero-order valence-electron chi connectivity index (χ0n) is 9.54. The Morgan fingerprint density at radius 2 is 1.78 bits per heavy atom. The highest BCUT2D eigenvalue weighted by molar-refractivity contribution is 6.31. The van der Waals surface area contributed by atoms with Crippen molar-refractivity contribution in [3.63, 3.8) is 0 Å². The molecule has 0 spiro atoms. The number of amides is 1. The van der Waals surface area contributed by atoms with Gasteiger partial charge in [0.2, 0.25) is 0 Å². The first kappa shape index (κ1) is 18.5. The molecule has 0 aliphatic carbocycles. The number of carboxylic acid groups (broad SMARTS) is 1. The molecule has 9 heteroatoms. The number of hydrogen-bond acceptors (Lipinski definition) is 7. The predicted octanol–water partition coefficient (Wildman–Crippen LogP) is -2.31. The number of aldehydes is 2. The van der Waals surface area contributed by atoms with Crippen molar-refractivity contribution in [2.45, 2.75) is 18.9 Å². The van der Waals surface area contributed by atoms with Gasteiger partial charge in [-0.15, -0.1) is 0 Å². The topological polar surface area (TPSA) is 153 Å². The van der Waals surface area contributed by atoms with Crippen LogP contribution in [0.3, 0.4) is 0 Å². The van der Waals surface area contributed by atoms with Crippen LogP contribution in [0, 0.1) is 0 Å². The summed E-state index contributed by atoms with van der Waals surface area (Å²) in [4.78, 5) is 38.4. The van der Waals surface area contributed by atoms with Gasteiger partial charge in [0.15, 0.2) is 12.6 Å². The molecule has 0 heterocycles. The van der Waals surface area contributed by atoms with Crippen molar-refractivity contribution in [2.75, 3.05) is 13.2 Å². The summed E-state index contributed by atoms with van der Waals surface area (Å²) >= 11 is 0. The number of aliphatic carboxylic acids is 1. The maximum atomic E-state index is 10.7. The highest BCUT2D eigenvalue weighted by atomic mass is 16.5. The van der Waals surface area contributed by atoms with Gasteiger partial charge in [0, 0.05) is 6.54 Å². The lowest BCUT2D eigenvalue weighted by Crippen LogP contribution is -2.41. The lowest BCUT2D eigenvalue weighted by atomic mass is 10.1. The fraction of sp³-hybridized carbons (Fsp3) is 0.556. The van der Waals surface area contributed by atoms with Gasteiger partial charge in [-0.2, -0.15) is 0 Å². The number of aliphatic hydroxyl groups excluding tert-OH is 1. The third-order valence-corrected chi connectivity index (χ3v) is 1.65. The lowest BCUT2D eigenvalue weighted by molar-refractivity contribution is -0.150. The number of carboxylic acids is 1. The average Bonchev–Trinajstić information content (AvgIpc) is 2.37. The average molecular weight is 264 g/mol. The summed E-state index contributed by atoms with van der Waals surface area (Å²) in [5.74, 6) is -2.72. The fourth-order valence-electron chi connectivity index (χ4n) is 0.884. The van der Waals surface area contributed by atoms with Crippen molar-refractivity contribution in [1.29, 1.82) is 0 Å². The van der Waals surface area contributed by atoms with Crippen LogP contribution in [0.25, 0.3) is 0 Å². The van der Waals surface area contributed by atoms with E-state index in [-0.39, 0.29) is 19.2 Å². The first-order valence-corrected chi connectivity index (χ1v) is 4.94. The van der Waals surface area contributed by atoms with Crippen LogP contribution in [-0.4, -0.2) is 59.1 Å². The second kappa shape index (κ2) is 13.2. The summed E-state index contributed by atoms with van der Waals surface area (Å²) in [7, 11) is 0.